The summed E-state index contributed by atoms with van der Waals surface area (Å²) < 4.78 is 5.81. The zero-order chi connectivity index (χ0) is 8.77. The molecule has 1 aromatic carbocycles. The van der Waals surface area contributed by atoms with Crippen molar-refractivity contribution in [3.8, 4) is 5.75 Å². The quantitative estimate of drug-likeness (QED) is 0.570. The molecule has 1 heterocycles. The highest BCUT2D eigenvalue weighted by atomic mass is 16.5. The van der Waals surface area contributed by atoms with Crippen LogP contribution in [0.5, 0.6) is 5.75 Å². The van der Waals surface area contributed by atoms with Gasteiger partial charge in [-0.15, -0.1) is 0 Å². The molecule has 0 amide bonds. The number of benzene rings is 1. The third kappa shape index (κ3) is 0.927. The standard InChI is InChI=1S/C11H14O/c1-8-9-6-4-5-7-10(9)12-11(8,2)3/h4-8H,1-3H3. The van der Waals surface area contributed by atoms with Gasteiger partial charge in [-0.2, -0.15) is 0 Å². The molecule has 0 spiro atoms. The zero-order valence-corrected chi connectivity index (χ0v) is 7.79. The predicted molar refractivity (Wildman–Crippen MR) is 49.6 cm³/mol. The van der Waals surface area contributed by atoms with Gasteiger partial charge in [0.05, 0.1) is 0 Å². The van der Waals surface area contributed by atoms with Crippen LogP contribution < -0.4 is 4.74 Å². The summed E-state index contributed by atoms with van der Waals surface area (Å²) in [4.78, 5) is 0. The molecule has 1 unspecified atom stereocenters. The first-order valence-electron chi connectivity index (χ1n) is 4.39. The van der Waals surface area contributed by atoms with E-state index in [-0.39, 0.29) is 5.60 Å². The molecular formula is C11H14O. The van der Waals surface area contributed by atoms with E-state index in [1.54, 1.807) is 0 Å². The average Bonchev–Trinajstić information content (AvgIpc) is 2.24. The Kier molecular flexibility index (Phi) is 1.44. The van der Waals surface area contributed by atoms with Gasteiger partial charge in [-0.05, 0) is 19.9 Å². The molecule has 2 rings (SSSR count). The molecule has 1 atom stereocenters. The first-order valence-corrected chi connectivity index (χ1v) is 4.39. The van der Waals surface area contributed by atoms with Crippen molar-refractivity contribution in [2.75, 3.05) is 0 Å². The van der Waals surface area contributed by atoms with Crippen LogP contribution in [0.15, 0.2) is 24.3 Å². The van der Waals surface area contributed by atoms with Gasteiger partial charge in [0.25, 0.3) is 0 Å². The van der Waals surface area contributed by atoms with Crippen molar-refractivity contribution in [2.45, 2.75) is 32.3 Å². The third-order valence-corrected chi connectivity index (χ3v) is 2.80. The molecule has 1 nitrogen and oxygen atoms in total. The summed E-state index contributed by atoms with van der Waals surface area (Å²) in [5.41, 5.74) is 1.30. The highest BCUT2D eigenvalue weighted by Gasteiger charge is 2.37. The summed E-state index contributed by atoms with van der Waals surface area (Å²) >= 11 is 0. The van der Waals surface area contributed by atoms with E-state index >= 15 is 0 Å². The fourth-order valence-corrected chi connectivity index (χ4v) is 1.68. The normalized spacial score (nSPS) is 24.8. The van der Waals surface area contributed by atoms with Gasteiger partial charge in [0, 0.05) is 11.5 Å². The van der Waals surface area contributed by atoms with Crippen molar-refractivity contribution in [1.82, 2.24) is 0 Å². The highest BCUT2D eigenvalue weighted by Crippen LogP contribution is 2.43. The molecule has 12 heavy (non-hydrogen) atoms. The molecule has 0 radical (unpaired) electrons. The fourth-order valence-electron chi connectivity index (χ4n) is 1.68. The molecule has 1 heteroatoms. The second-order valence-electron chi connectivity index (χ2n) is 3.97. The molecule has 64 valence electrons. The summed E-state index contributed by atoms with van der Waals surface area (Å²) in [5.74, 6) is 1.55. The molecule has 0 fully saturated rings. The lowest BCUT2D eigenvalue weighted by molar-refractivity contribution is 0.116. The Balaban J connectivity index is 2.49. The maximum Gasteiger partial charge on any atom is 0.123 e. The largest absolute Gasteiger partial charge is 0.487 e. The third-order valence-electron chi connectivity index (χ3n) is 2.80. The van der Waals surface area contributed by atoms with Crippen molar-refractivity contribution in [1.29, 1.82) is 0 Å². The number of ether oxygens (including phenoxy) is 1. The second-order valence-corrected chi connectivity index (χ2v) is 3.97. The Morgan fingerprint density at radius 3 is 2.58 bits per heavy atom. The van der Waals surface area contributed by atoms with E-state index in [9.17, 15) is 0 Å². The van der Waals surface area contributed by atoms with Crippen LogP contribution in [0.1, 0.15) is 32.3 Å². The maximum atomic E-state index is 5.81. The van der Waals surface area contributed by atoms with E-state index in [2.05, 4.69) is 32.9 Å². The Morgan fingerprint density at radius 2 is 1.92 bits per heavy atom. The van der Waals surface area contributed by atoms with Crippen LogP contribution in [0.3, 0.4) is 0 Å². The van der Waals surface area contributed by atoms with Crippen LogP contribution >= 0.6 is 0 Å². The minimum Gasteiger partial charge on any atom is -0.487 e. The lowest BCUT2D eigenvalue weighted by Gasteiger charge is -2.22. The van der Waals surface area contributed by atoms with Gasteiger partial charge in [-0.25, -0.2) is 0 Å². The number of fused-ring (bicyclic) bond motifs is 1. The molecule has 0 saturated heterocycles. The molecule has 0 aromatic heterocycles. The van der Waals surface area contributed by atoms with Gasteiger partial charge in [0.2, 0.25) is 0 Å². The Morgan fingerprint density at radius 1 is 1.25 bits per heavy atom. The molecule has 1 aliphatic heterocycles. The minimum atomic E-state index is -0.0380. The van der Waals surface area contributed by atoms with E-state index in [0.717, 1.165) is 5.75 Å². The Hall–Kier alpha value is -0.980. The zero-order valence-electron chi connectivity index (χ0n) is 7.79. The molecule has 0 N–H and O–H groups in total. The first-order chi connectivity index (χ1) is 5.61. The molecular weight excluding hydrogens is 148 g/mol. The van der Waals surface area contributed by atoms with Crippen LogP contribution in [0.2, 0.25) is 0 Å². The highest BCUT2D eigenvalue weighted by molar-refractivity contribution is 5.41. The minimum absolute atomic E-state index is 0.0380. The van der Waals surface area contributed by atoms with E-state index in [4.69, 9.17) is 4.74 Å². The fraction of sp³-hybridized carbons (Fsp3) is 0.455. The molecule has 0 bridgehead atoms. The van der Waals surface area contributed by atoms with Gasteiger partial charge in [0.15, 0.2) is 0 Å². The van der Waals surface area contributed by atoms with E-state index < -0.39 is 0 Å². The van der Waals surface area contributed by atoms with Crippen LogP contribution in [0, 0.1) is 0 Å². The van der Waals surface area contributed by atoms with Crippen LogP contribution in [-0.2, 0) is 0 Å². The second kappa shape index (κ2) is 2.25. The monoisotopic (exact) mass is 162 g/mol. The number of para-hydroxylation sites is 1. The van der Waals surface area contributed by atoms with Gasteiger partial charge in [-0.1, -0.05) is 25.1 Å². The van der Waals surface area contributed by atoms with Crippen molar-refractivity contribution in [3.05, 3.63) is 29.8 Å². The molecule has 0 aliphatic carbocycles. The van der Waals surface area contributed by atoms with Crippen LogP contribution in [-0.4, -0.2) is 5.60 Å². The van der Waals surface area contributed by atoms with Crippen molar-refractivity contribution in [2.24, 2.45) is 0 Å². The van der Waals surface area contributed by atoms with E-state index in [0.29, 0.717) is 5.92 Å². The topological polar surface area (TPSA) is 9.23 Å². The molecule has 1 aliphatic rings. The summed E-state index contributed by atoms with van der Waals surface area (Å²) in [7, 11) is 0. The van der Waals surface area contributed by atoms with Crippen LogP contribution in [0.4, 0.5) is 0 Å². The van der Waals surface area contributed by atoms with Crippen molar-refractivity contribution in [3.63, 3.8) is 0 Å². The Labute approximate surface area is 73.4 Å². The summed E-state index contributed by atoms with van der Waals surface area (Å²) in [6.07, 6.45) is 0. The van der Waals surface area contributed by atoms with Gasteiger partial charge < -0.3 is 4.74 Å². The summed E-state index contributed by atoms with van der Waals surface area (Å²) in [6.45, 7) is 6.49. The predicted octanol–water partition coefficient (Wildman–Crippen LogP) is 2.96. The van der Waals surface area contributed by atoms with Crippen molar-refractivity contribution >= 4 is 0 Å². The van der Waals surface area contributed by atoms with Crippen LogP contribution in [0.25, 0.3) is 0 Å². The van der Waals surface area contributed by atoms with Gasteiger partial charge in [0.1, 0.15) is 11.4 Å². The van der Waals surface area contributed by atoms with Crippen molar-refractivity contribution < 1.29 is 4.74 Å². The lowest BCUT2D eigenvalue weighted by Crippen LogP contribution is -2.28. The number of rotatable bonds is 0. The molecule has 1 aromatic rings. The average molecular weight is 162 g/mol. The lowest BCUT2D eigenvalue weighted by atomic mass is 9.89. The van der Waals surface area contributed by atoms with E-state index in [1.807, 2.05) is 12.1 Å². The van der Waals surface area contributed by atoms with E-state index in [1.165, 1.54) is 5.56 Å². The maximum absolute atomic E-state index is 5.81. The van der Waals surface area contributed by atoms with Gasteiger partial charge >= 0.3 is 0 Å². The smallest absolute Gasteiger partial charge is 0.123 e. The number of hydrogen-bond donors (Lipinski definition) is 0. The molecule has 0 saturated carbocycles. The first kappa shape index (κ1) is 7.66. The Bertz CT molecular complexity index is 302. The summed E-state index contributed by atoms with van der Waals surface area (Å²) in [5, 5.41) is 0. The van der Waals surface area contributed by atoms with Gasteiger partial charge in [-0.3, -0.25) is 0 Å². The number of hydrogen-bond acceptors (Lipinski definition) is 1. The summed E-state index contributed by atoms with van der Waals surface area (Å²) in [6, 6.07) is 8.28. The SMILES string of the molecule is CC1c2ccccc2OC1(C)C.